The molecule has 2 aromatic rings. The summed E-state index contributed by atoms with van der Waals surface area (Å²) < 4.78 is 5.42. The standard InChI is InChI=1S/C14H8ClNO2/c15-9-5-6-10-12-11(9)13(17)7-3-1-2-4-8(7)14(12)18-16-10/h1-4H,5-6H2. The number of rotatable bonds is 0. The van der Waals surface area contributed by atoms with E-state index in [1.54, 1.807) is 6.07 Å². The van der Waals surface area contributed by atoms with Gasteiger partial charge in [-0.25, -0.2) is 0 Å². The van der Waals surface area contributed by atoms with Gasteiger partial charge in [-0.2, -0.15) is 0 Å². The van der Waals surface area contributed by atoms with Crippen molar-refractivity contribution in [3.63, 3.8) is 0 Å². The molecule has 0 saturated carbocycles. The quantitative estimate of drug-likeness (QED) is 0.726. The molecule has 1 aromatic heterocycles. The zero-order valence-electron chi connectivity index (χ0n) is 9.37. The molecule has 0 unspecified atom stereocenters. The Morgan fingerprint density at radius 3 is 2.78 bits per heavy atom. The zero-order valence-corrected chi connectivity index (χ0v) is 10.1. The van der Waals surface area contributed by atoms with Crippen molar-refractivity contribution in [1.29, 1.82) is 0 Å². The summed E-state index contributed by atoms with van der Waals surface area (Å²) in [5, 5.41) is 4.68. The van der Waals surface area contributed by atoms with E-state index in [0.717, 1.165) is 23.2 Å². The number of fused-ring (bicyclic) bond motifs is 2. The van der Waals surface area contributed by atoms with Gasteiger partial charge in [-0.3, -0.25) is 4.79 Å². The van der Waals surface area contributed by atoms with E-state index in [-0.39, 0.29) is 5.78 Å². The number of nitrogens with zero attached hydrogens (tertiary/aromatic N) is 1. The monoisotopic (exact) mass is 257 g/mol. The van der Waals surface area contributed by atoms with Gasteiger partial charge in [0.1, 0.15) is 0 Å². The van der Waals surface area contributed by atoms with Gasteiger partial charge in [0.05, 0.1) is 16.8 Å². The lowest BCUT2D eigenvalue weighted by Gasteiger charge is -2.21. The Bertz CT molecular complexity index is 727. The van der Waals surface area contributed by atoms with Crippen molar-refractivity contribution in [2.45, 2.75) is 12.8 Å². The van der Waals surface area contributed by atoms with Crippen LogP contribution in [0.3, 0.4) is 0 Å². The summed E-state index contributed by atoms with van der Waals surface area (Å²) in [4.78, 5) is 12.5. The van der Waals surface area contributed by atoms with E-state index in [0.29, 0.717) is 28.3 Å². The minimum atomic E-state index is -0.0211. The first-order valence-electron chi connectivity index (χ1n) is 5.79. The fourth-order valence-corrected chi connectivity index (χ4v) is 2.95. The van der Waals surface area contributed by atoms with Crippen LogP contribution >= 0.6 is 11.6 Å². The lowest BCUT2D eigenvalue weighted by Crippen LogP contribution is -2.15. The molecule has 0 atom stereocenters. The molecule has 2 aliphatic rings. The molecule has 0 fully saturated rings. The van der Waals surface area contributed by atoms with Gasteiger partial charge in [0.2, 0.25) is 0 Å². The maximum Gasteiger partial charge on any atom is 0.195 e. The van der Waals surface area contributed by atoms with Crippen molar-refractivity contribution in [3.05, 3.63) is 46.1 Å². The second-order valence-electron chi connectivity index (χ2n) is 4.49. The van der Waals surface area contributed by atoms with E-state index in [2.05, 4.69) is 5.16 Å². The molecule has 0 N–H and O–H groups in total. The van der Waals surface area contributed by atoms with Crippen molar-refractivity contribution >= 4 is 23.0 Å². The van der Waals surface area contributed by atoms with Crippen LogP contribution in [0.15, 0.2) is 33.8 Å². The number of halogens is 1. The van der Waals surface area contributed by atoms with Crippen molar-refractivity contribution in [2.24, 2.45) is 0 Å². The highest BCUT2D eigenvalue weighted by Crippen LogP contribution is 2.46. The molecule has 0 saturated heterocycles. The summed E-state index contributed by atoms with van der Waals surface area (Å²) in [6.07, 6.45) is 1.39. The molecule has 4 rings (SSSR count). The van der Waals surface area contributed by atoms with Crippen LogP contribution in [-0.2, 0) is 6.42 Å². The second kappa shape index (κ2) is 3.33. The summed E-state index contributed by atoms with van der Waals surface area (Å²) >= 11 is 6.22. The highest BCUT2D eigenvalue weighted by atomic mass is 35.5. The predicted molar refractivity (Wildman–Crippen MR) is 67.4 cm³/mol. The van der Waals surface area contributed by atoms with Crippen molar-refractivity contribution in [1.82, 2.24) is 5.16 Å². The average molecular weight is 258 g/mol. The fourth-order valence-electron chi connectivity index (χ4n) is 2.67. The first kappa shape index (κ1) is 10.1. The number of Topliss-reactive ketones (excluding diaryl/α,β-unsaturated/α-hetero) is 1. The summed E-state index contributed by atoms with van der Waals surface area (Å²) in [5.41, 5.74) is 3.67. The van der Waals surface area contributed by atoms with Crippen LogP contribution in [0.5, 0.6) is 0 Å². The maximum absolute atomic E-state index is 12.5. The molecule has 0 bridgehead atoms. The largest absolute Gasteiger partial charge is 0.355 e. The van der Waals surface area contributed by atoms with Gasteiger partial charge in [-0.15, -0.1) is 0 Å². The number of hydrogen-bond donors (Lipinski definition) is 0. The summed E-state index contributed by atoms with van der Waals surface area (Å²) in [5.74, 6) is 0.653. The number of benzene rings is 1. The van der Waals surface area contributed by atoms with Crippen LogP contribution in [0.2, 0.25) is 0 Å². The molecule has 88 valence electrons. The number of ketones is 1. The first-order chi connectivity index (χ1) is 8.77. The Balaban J connectivity index is 2.16. The van der Waals surface area contributed by atoms with Crippen molar-refractivity contribution < 1.29 is 9.32 Å². The van der Waals surface area contributed by atoms with E-state index in [1.807, 2.05) is 18.2 Å². The van der Waals surface area contributed by atoms with Crippen molar-refractivity contribution in [2.75, 3.05) is 0 Å². The van der Waals surface area contributed by atoms with Gasteiger partial charge in [0, 0.05) is 16.2 Å². The molecule has 1 aromatic carbocycles. The van der Waals surface area contributed by atoms with Crippen LogP contribution in [-0.4, -0.2) is 10.9 Å². The molecule has 2 aliphatic carbocycles. The third kappa shape index (κ3) is 1.10. The van der Waals surface area contributed by atoms with Crippen LogP contribution in [0.25, 0.3) is 16.9 Å². The summed E-state index contributed by atoms with van der Waals surface area (Å²) in [6.45, 7) is 0. The van der Waals surface area contributed by atoms with E-state index in [1.165, 1.54) is 0 Å². The SMILES string of the molecule is O=C1C2=C(Cl)CCc3noc(c32)-c2ccccc21. The molecule has 0 aliphatic heterocycles. The molecular weight excluding hydrogens is 250 g/mol. The molecule has 18 heavy (non-hydrogen) atoms. The average Bonchev–Trinajstić information content (AvgIpc) is 2.82. The fraction of sp³-hybridized carbons (Fsp3) is 0.143. The normalized spacial score (nSPS) is 16.6. The summed E-state index contributed by atoms with van der Waals surface area (Å²) in [7, 11) is 0. The van der Waals surface area contributed by atoms with Gasteiger partial charge in [-0.1, -0.05) is 41.0 Å². The smallest absolute Gasteiger partial charge is 0.195 e. The van der Waals surface area contributed by atoms with Crippen LogP contribution in [0, 0.1) is 0 Å². The number of allylic oxidation sites excluding steroid dienone is 2. The molecule has 0 spiro atoms. The summed E-state index contributed by atoms with van der Waals surface area (Å²) in [6, 6.07) is 7.42. The predicted octanol–water partition coefficient (Wildman–Crippen LogP) is 3.43. The molecular formula is C14H8ClNO2. The van der Waals surface area contributed by atoms with Gasteiger partial charge >= 0.3 is 0 Å². The number of aromatic nitrogens is 1. The van der Waals surface area contributed by atoms with Crippen LogP contribution in [0.1, 0.15) is 28.0 Å². The van der Waals surface area contributed by atoms with Gasteiger partial charge in [0.25, 0.3) is 0 Å². The number of hydrogen-bond acceptors (Lipinski definition) is 3. The lowest BCUT2D eigenvalue weighted by molar-refractivity contribution is 0.105. The second-order valence-corrected chi connectivity index (χ2v) is 4.94. The minimum absolute atomic E-state index is 0.0211. The van der Waals surface area contributed by atoms with Crippen LogP contribution < -0.4 is 0 Å². The van der Waals surface area contributed by atoms with Gasteiger partial charge in [0.15, 0.2) is 11.5 Å². The van der Waals surface area contributed by atoms with E-state index in [4.69, 9.17) is 16.1 Å². The molecule has 1 heterocycles. The Kier molecular flexibility index (Phi) is 1.87. The van der Waals surface area contributed by atoms with Crippen LogP contribution in [0.4, 0.5) is 0 Å². The molecule has 0 amide bonds. The third-order valence-electron chi connectivity index (χ3n) is 3.51. The Hall–Kier alpha value is -1.87. The Labute approximate surface area is 108 Å². The van der Waals surface area contributed by atoms with E-state index < -0.39 is 0 Å². The van der Waals surface area contributed by atoms with Gasteiger partial charge in [-0.05, 0) is 12.8 Å². The van der Waals surface area contributed by atoms with Gasteiger partial charge < -0.3 is 4.52 Å². The first-order valence-corrected chi connectivity index (χ1v) is 6.17. The highest BCUT2D eigenvalue weighted by Gasteiger charge is 2.37. The Morgan fingerprint density at radius 2 is 1.94 bits per heavy atom. The number of carbonyl (C=O) groups excluding carboxylic acids is 1. The maximum atomic E-state index is 12.5. The highest BCUT2D eigenvalue weighted by molar-refractivity contribution is 6.44. The third-order valence-corrected chi connectivity index (χ3v) is 3.89. The topological polar surface area (TPSA) is 43.1 Å². The minimum Gasteiger partial charge on any atom is -0.355 e. The number of aryl methyl sites for hydroxylation is 1. The van der Waals surface area contributed by atoms with E-state index in [9.17, 15) is 4.79 Å². The molecule has 0 radical (unpaired) electrons. The Morgan fingerprint density at radius 1 is 1.17 bits per heavy atom. The van der Waals surface area contributed by atoms with Crippen molar-refractivity contribution in [3.8, 4) is 11.3 Å². The zero-order chi connectivity index (χ0) is 12.3. The lowest BCUT2D eigenvalue weighted by atomic mass is 9.81. The molecule has 4 heteroatoms. The van der Waals surface area contributed by atoms with E-state index >= 15 is 0 Å². The molecule has 3 nitrogen and oxygen atoms in total. The number of carbonyl (C=O) groups is 1.